The Balaban J connectivity index is 2.60. The van der Waals surface area contributed by atoms with E-state index in [0.717, 1.165) is 18.1 Å². The lowest BCUT2D eigenvalue weighted by Crippen LogP contribution is -2.29. The lowest BCUT2D eigenvalue weighted by atomic mass is 10.2. The van der Waals surface area contributed by atoms with Gasteiger partial charge in [-0.25, -0.2) is 9.97 Å². The van der Waals surface area contributed by atoms with Crippen LogP contribution in [0.1, 0.15) is 12.5 Å². The summed E-state index contributed by atoms with van der Waals surface area (Å²) in [6, 6.07) is 0. The fourth-order valence-electron chi connectivity index (χ4n) is 1.21. The van der Waals surface area contributed by atoms with Crippen LogP contribution >= 0.6 is 0 Å². The Morgan fingerprint density at radius 1 is 1.43 bits per heavy atom. The molecule has 2 N–H and O–H groups in total. The molecule has 0 saturated heterocycles. The number of nitrogens with two attached hydrogens (primary N) is 1. The SMILES string of the molecule is Cc1cnc(N(C)CC(C)CN)nc1. The molecule has 1 rings (SSSR count). The average molecular weight is 194 g/mol. The molecule has 0 aliphatic carbocycles. The highest BCUT2D eigenvalue weighted by Gasteiger charge is 2.07. The predicted octanol–water partition coefficient (Wildman–Crippen LogP) is 0.816. The predicted molar refractivity (Wildman–Crippen MR) is 58.3 cm³/mol. The lowest BCUT2D eigenvalue weighted by Gasteiger charge is -2.20. The van der Waals surface area contributed by atoms with E-state index in [1.165, 1.54) is 0 Å². The van der Waals surface area contributed by atoms with Crippen molar-refractivity contribution in [1.29, 1.82) is 0 Å². The van der Waals surface area contributed by atoms with Gasteiger partial charge in [-0.3, -0.25) is 0 Å². The molecule has 0 spiro atoms. The van der Waals surface area contributed by atoms with Crippen molar-refractivity contribution in [3.05, 3.63) is 18.0 Å². The first-order chi connectivity index (χ1) is 6.63. The molecular weight excluding hydrogens is 176 g/mol. The van der Waals surface area contributed by atoms with Crippen LogP contribution in [0.5, 0.6) is 0 Å². The van der Waals surface area contributed by atoms with Crippen molar-refractivity contribution in [1.82, 2.24) is 9.97 Å². The quantitative estimate of drug-likeness (QED) is 0.771. The van der Waals surface area contributed by atoms with E-state index in [4.69, 9.17) is 5.73 Å². The second-order valence-corrected chi connectivity index (χ2v) is 3.78. The van der Waals surface area contributed by atoms with Crippen molar-refractivity contribution >= 4 is 5.95 Å². The zero-order valence-corrected chi connectivity index (χ0v) is 9.07. The third-order valence-corrected chi connectivity index (χ3v) is 2.10. The van der Waals surface area contributed by atoms with Gasteiger partial charge in [-0.1, -0.05) is 6.92 Å². The maximum Gasteiger partial charge on any atom is 0.225 e. The van der Waals surface area contributed by atoms with Crippen LogP contribution < -0.4 is 10.6 Å². The summed E-state index contributed by atoms with van der Waals surface area (Å²) in [6.45, 7) is 5.67. The van der Waals surface area contributed by atoms with Crippen LogP contribution in [0.25, 0.3) is 0 Å². The fraction of sp³-hybridized carbons (Fsp3) is 0.600. The van der Waals surface area contributed by atoms with E-state index in [0.29, 0.717) is 12.5 Å². The maximum atomic E-state index is 5.56. The molecule has 4 nitrogen and oxygen atoms in total. The third kappa shape index (κ3) is 2.96. The molecule has 0 radical (unpaired) electrons. The Labute approximate surface area is 85.2 Å². The largest absolute Gasteiger partial charge is 0.344 e. The van der Waals surface area contributed by atoms with E-state index in [-0.39, 0.29) is 0 Å². The van der Waals surface area contributed by atoms with E-state index in [1.807, 2.05) is 31.3 Å². The molecular formula is C10H18N4. The standard InChI is InChI=1S/C10H18N4/c1-8(4-11)7-14(3)10-12-5-9(2)6-13-10/h5-6,8H,4,7,11H2,1-3H3. The first kappa shape index (κ1) is 10.9. The summed E-state index contributed by atoms with van der Waals surface area (Å²) < 4.78 is 0. The second kappa shape index (κ2) is 4.91. The molecule has 0 amide bonds. The van der Waals surface area contributed by atoms with Gasteiger partial charge < -0.3 is 10.6 Å². The smallest absolute Gasteiger partial charge is 0.225 e. The van der Waals surface area contributed by atoms with E-state index < -0.39 is 0 Å². The topological polar surface area (TPSA) is 55.0 Å². The monoisotopic (exact) mass is 194 g/mol. The first-order valence-corrected chi connectivity index (χ1v) is 4.83. The minimum Gasteiger partial charge on any atom is -0.344 e. The molecule has 0 aliphatic heterocycles. The molecule has 0 fully saturated rings. The normalized spacial score (nSPS) is 12.6. The van der Waals surface area contributed by atoms with Gasteiger partial charge in [-0.05, 0) is 24.9 Å². The Morgan fingerprint density at radius 2 is 2.00 bits per heavy atom. The molecule has 0 bridgehead atoms. The van der Waals surface area contributed by atoms with Crippen LogP contribution in [0.4, 0.5) is 5.95 Å². The third-order valence-electron chi connectivity index (χ3n) is 2.10. The number of rotatable bonds is 4. The molecule has 1 aromatic heterocycles. The fourth-order valence-corrected chi connectivity index (χ4v) is 1.21. The van der Waals surface area contributed by atoms with Crippen LogP contribution in [0.2, 0.25) is 0 Å². The minimum atomic E-state index is 0.463. The molecule has 1 unspecified atom stereocenters. The van der Waals surface area contributed by atoms with Gasteiger partial charge in [0.2, 0.25) is 5.95 Å². The lowest BCUT2D eigenvalue weighted by molar-refractivity contribution is 0.584. The Hall–Kier alpha value is -1.16. The molecule has 14 heavy (non-hydrogen) atoms. The number of hydrogen-bond donors (Lipinski definition) is 1. The summed E-state index contributed by atoms with van der Waals surface area (Å²) in [5.74, 6) is 1.22. The number of aromatic nitrogens is 2. The van der Waals surface area contributed by atoms with Crippen LogP contribution in [0.3, 0.4) is 0 Å². The van der Waals surface area contributed by atoms with Gasteiger partial charge in [-0.15, -0.1) is 0 Å². The number of anilines is 1. The van der Waals surface area contributed by atoms with Crippen molar-refractivity contribution in [2.24, 2.45) is 11.7 Å². The van der Waals surface area contributed by atoms with Gasteiger partial charge in [0.25, 0.3) is 0 Å². The highest BCUT2D eigenvalue weighted by molar-refractivity contribution is 5.27. The van der Waals surface area contributed by atoms with Crippen LogP contribution in [0, 0.1) is 12.8 Å². The first-order valence-electron chi connectivity index (χ1n) is 4.83. The van der Waals surface area contributed by atoms with Crippen molar-refractivity contribution in [3.8, 4) is 0 Å². The van der Waals surface area contributed by atoms with Crippen molar-refractivity contribution < 1.29 is 0 Å². The van der Waals surface area contributed by atoms with Crippen molar-refractivity contribution in [3.63, 3.8) is 0 Å². The zero-order valence-electron chi connectivity index (χ0n) is 9.07. The van der Waals surface area contributed by atoms with Gasteiger partial charge in [0.1, 0.15) is 0 Å². The summed E-state index contributed by atoms with van der Waals surface area (Å²) >= 11 is 0. The molecule has 1 atom stereocenters. The second-order valence-electron chi connectivity index (χ2n) is 3.78. The summed E-state index contributed by atoms with van der Waals surface area (Å²) in [4.78, 5) is 10.5. The number of aryl methyl sites for hydroxylation is 1. The molecule has 0 aromatic carbocycles. The Morgan fingerprint density at radius 3 is 2.50 bits per heavy atom. The average Bonchev–Trinajstić information content (AvgIpc) is 2.18. The summed E-state index contributed by atoms with van der Waals surface area (Å²) in [5.41, 5.74) is 6.63. The van der Waals surface area contributed by atoms with Gasteiger partial charge in [0.05, 0.1) is 0 Å². The zero-order chi connectivity index (χ0) is 10.6. The van der Waals surface area contributed by atoms with Gasteiger partial charge in [0, 0.05) is 26.0 Å². The van der Waals surface area contributed by atoms with Crippen molar-refractivity contribution in [2.45, 2.75) is 13.8 Å². The Kier molecular flexibility index (Phi) is 3.83. The van der Waals surface area contributed by atoms with Crippen LogP contribution in [-0.2, 0) is 0 Å². The number of nitrogens with zero attached hydrogens (tertiary/aromatic N) is 3. The molecule has 4 heteroatoms. The minimum absolute atomic E-state index is 0.463. The Bertz CT molecular complexity index is 270. The van der Waals surface area contributed by atoms with Gasteiger partial charge in [-0.2, -0.15) is 0 Å². The van der Waals surface area contributed by atoms with E-state index in [2.05, 4.69) is 16.9 Å². The van der Waals surface area contributed by atoms with Gasteiger partial charge in [0.15, 0.2) is 0 Å². The maximum absolute atomic E-state index is 5.56. The summed E-state index contributed by atoms with van der Waals surface area (Å²) in [5, 5.41) is 0. The molecule has 78 valence electrons. The van der Waals surface area contributed by atoms with Crippen molar-refractivity contribution in [2.75, 3.05) is 25.0 Å². The van der Waals surface area contributed by atoms with Gasteiger partial charge >= 0.3 is 0 Å². The van der Waals surface area contributed by atoms with Crippen LogP contribution in [0.15, 0.2) is 12.4 Å². The molecule has 1 heterocycles. The van der Waals surface area contributed by atoms with E-state index in [9.17, 15) is 0 Å². The highest BCUT2D eigenvalue weighted by atomic mass is 15.2. The molecule has 1 aromatic rings. The summed E-state index contributed by atoms with van der Waals surface area (Å²) in [7, 11) is 1.98. The molecule has 0 saturated carbocycles. The van der Waals surface area contributed by atoms with E-state index >= 15 is 0 Å². The highest BCUT2D eigenvalue weighted by Crippen LogP contribution is 2.06. The van der Waals surface area contributed by atoms with E-state index in [1.54, 1.807) is 0 Å². The molecule has 0 aliphatic rings. The number of hydrogen-bond acceptors (Lipinski definition) is 4. The van der Waals surface area contributed by atoms with Crippen LogP contribution in [-0.4, -0.2) is 30.1 Å². The summed E-state index contributed by atoms with van der Waals surface area (Å²) in [6.07, 6.45) is 3.65.